The molecule has 9 heteroatoms. The molecule has 2 N–H and O–H groups in total. The van der Waals surface area contributed by atoms with Crippen molar-refractivity contribution in [3.05, 3.63) is 53.8 Å². The number of carbonyl (C=O) groups is 2. The summed E-state index contributed by atoms with van der Waals surface area (Å²) >= 11 is 0.921. The van der Waals surface area contributed by atoms with Crippen LogP contribution in [0.4, 0.5) is 24.5 Å². The zero-order valence-electron chi connectivity index (χ0n) is 11.8. The Kier molecular flexibility index (Phi) is 5.44. The van der Waals surface area contributed by atoms with Gasteiger partial charge in [-0.25, -0.2) is 13.2 Å². The van der Waals surface area contributed by atoms with Crippen LogP contribution in [0.5, 0.6) is 0 Å². The van der Waals surface area contributed by atoms with E-state index < -0.39 is 35.0 Å². The molecule has 0 saturated carbocycles. The fraction of sp³-hybridized carbons (Fsp3) is 0. The van der Waals surface area contributed by atoms with Gasteiger partial charge in [-0.15, -0.1) is 0 Å². The minimum absolute atomic E-state index is 0.267. The number of thiocyanates is 1. The number of halogens is 3. The van der Waals surface area contributed by atoms with Gasteiger partial charge in [-0.3, -0.25) is 9.59 Å². The van der Waals surface area contributed by atoms with Crippen LogP contribution in [-0.2, 0) is 9.59 Å². The Hall–Kier alpha value is -2.99. The highest BCUT2D eigenvalue weighted by atomic mass is 32.2. The molecule has 0 aliphatic rings. The second-order valence-corrected chi connectivity index (χ2v) is 5.21. The molecule has 2 rings (SSSR count). The van der Waals surface area contributed by atoms with Crippen molar-refractivity contribution in [3.8, 4) is 5.40 Å². The Labute approximate surface area is 138 Å². The number of anilines is 2. The number of nitrogens with zero attached hydrogens (tertiary/aromatic N) is 1. The Bertz CT molecular complexity index is 835. The molecular formula is C15H8F3N3O2S. The van der Waals surface area contributed by atoms with Crippen LogP contribution in [0.2, 0.25) is 0 Å². The molecule has 0 heterocycles. The van der Waals surface area contributed by atoms with Gasteiger partial charge in [0.25, 0.3) is 0 Å². The number of benzene rings is 2. The molecule has 0 aliphatic carbocycles. The van der Waals surface area contributed by atoms with Crippen LogP contribution in [-0.4, -0.2) is 11.8 Å². The summed E-state index contributed by atoms with van der Waals surface area (Å²) in [5.41, 5.74) is -0.391. The van der Waals surface area contributed by atoms with E-state index in [4.69, 9.17) is 5.26 Å². The lowest BCUT2D eigenvalue weighted by atomic mass is 10.2. The number of rotatable bonds is 3. The van der Waals surface area contributed by atoms with Gasteiger partial charge in [0.15, 0.2) is 17.5 Å². The maximum Gasteiger partial charge on any atom is 0.314 e. The SMILES string of the molecule is N#CSc1ccc(NC(=O)C(=O)Nc2ccc(F)c(F)c2F)cc1. The molecule has 0 spiro atoms. The summed E-state index contributed by atoms with van der Waals surface area (Å²) in [5.74, 6) is -7.15. The zero-order chi connectivity index (χ0) is 17.7. The molecule has 24 heavy (non-hydrogen) atoms. The topological polar surface area (TPSA) is 82.0 Å². The lowest BCUT2D eigenvalue weighted by Gasteiger charge is -2.08. The molecule has 122 valence electrons. The van der Waals surface area contributed by atoms with Crippen LogP contribution >= 0.6 is 11.8 Å². The first-order valence-corrected chi connectivity index (χ1v) is 7.16. The zero-order valence-corrected chi connectivity index (χ0v) is 12.6. The summed E-state index contributed by atoms with van der Waals surface area (Å²) < 4.78 is 39.3. The third kappa shape index (κ3) is 4.05. The first kappa shape index (κ1) is 17.4. The van der Waals surface area contributed by atoms with E-state index in [1.54, 1.807) is 12.1 Å². The van der Waals surface area contributed by atoms with Gasteiger partial charge in [-0.05, 0) is 48.2 Å². The molecule has 0 saturated heterocycles. The van der Waals surface area contributed by atoms with E-state index in [9.17, 15) is 22.8 Å². The predicted molar refractivity (Wildman–Crippen MR) is 81.5 cm³/mol. The van der Waals surface area contributed by atoms with Crippen molar-refractivity contribution in [1.29, 1.82) is 5.26 Å². The van der Waals surface area contributed by atoms with Crippen LogP contribution in [0.15, 0.2) is 41.3 Å². The van der Waals surface area contributed by atoms with Crippen molar-refractivity contribution in [3.63, 3.8) is 0 Å². The molecule has 0 atom stereocenters. The van der Waals surface area contributed by atoms with Gasteiger partial charge in [0.1, 0.15) is 5.40 Å². The van der Waals surface area contributed by atoms with Gasteiger partial charge in [0.2, 0.25) is 0 Å². The molecule has 2 aromatic carbocycles. The minimum Gasteiger partial charge on any atom is -0.318 e. The number of hydrogen-bond acceptors (Lipinski definition) is 4. The predicted octanol–water partition coefficient (Wildman–Crippen LogP) is 3.25. The average molecular weight is 351 g/mol. The molecule has 2 amide bonds. The Morgan fingerprint density at radius 2 is 1.54 bits per heavy atom. The lowest BCUT2D eigenvalue weighted by Crippen LogP contribution is -2.29. The van der Waals surface area contributed by atoms with Crippen LogP contribution in [0, 0.1) is 28.1 Å². The van der Waals surface area contributed by atoms with Crippen molar-refractivity contribution >= 4 is 35.0 Å². The molecule has 0 fully saturated rings. The standard InChI is InChI=1S/C15H8F3N3O2S/c16-10-5-6-11(13(18)12(10)17)21-15(23)14(22)20-8-1-3-9(4-2-8)24-7-19/h1-6H,(H,20,22)(H,21,23). The molecule has 5 nitrogen and oxygen atoms in total. The van der Waals surface area contributed by atoms with Crippen molar-refractivity contribution in [2.45, 2.75) is 4.90 Å². The summed E-state index contributed by atoms with van der Waals surface area (Å²) in [6.45, 7) is 0. The Morgan fingerprint density at radius 1 is 0.917 bits per heavy atom. The fourth-order valence-corrected chi connectivity index (χ4v) is 2.03. The van der Waals surface area contributed by atoms with Crippen LogP contribution < -0.4 is 10.6 Å². The second-order valence-electron chi connectivity index (χ2n) is 4.35. The van der Waals surface area contributed by atoms with Crippen molar-refractivity contribution in [1.82, 2.24) is 0 Å². The minimum atomic E-state index is -1.75. The molecule has 2 aromatic rings. The number of amides is 2. The van der Waals surface area contributed by atoms with Crippen LogP contribution in [0.1, 0.15) is 0 Å². The van der Waals surface area contributed by atoms with E-state index >= 15 is 0 Å². The maximum atomic E-state index is 13.4. The van der Waals surface area contributed by atoms with E-state index in [2.05, 4.69) is 5.32 Å². The number of nitrogens with one attached hydrogen (secondary N) is 2. The summed E-state index contributed by atoms with van der Waals surface area (Å²) in [6, 6.07) is 7.45. The maximum absolute atomic E-state index is 13.4. The summed E-state index contributed by atoms with van der Waals surface area (Å²) in [6.07, 6.45) is 0. The molecule has 0 aromatic heterocycles. The molecular weight excluding hydrogens is 343 g/mol. The monoisotopic (exact) mass is 351 g/mol. The number of thioether (sulfide) groups is 1. The van der Waals surface area contributed by atoms with Gasteiger partial charge in [0.05, 0.1) is 5.69 Å². The van der Waals surface area contributed by atoms with Crippen molar-refractivity contribution in [2.75, 3.05) is 10.6 Å². The highest BCUT2D eigenvalue weighted by molar-refractivity contribution is 8.03. The lowest BCUT2D eigenvalue weighted by molar-refractivity contribution is -0.133. The second kappa shape index (κ2) is 7.52. The first-order valence-electron chi connectivity index (χ1n) is 6.34. The Morgan fingerprint density at radius 3 is 2.17 bits per heavy atom. The molecule has 0 unspecified atom stereocenters. The smallest absolute Gasteiger partial charge is 0.314 e. The fourth-order valence-electron chi connectivity index (χ4n) is 1.65. The average Bonchev–Trinajstić information content (AvgIpc) is 2.57. The van der Waals surface area contributed by atoms with Gasteiger partial charge in [-0.1, -0.05) is 0 Å². The Balaban J connectivity index is 2.04. The van der Waals surface area contributed by atoms with E-state index in [1.807, 2.05) is 10.7 Å². The van der Waals surface area contributed by atoms with Gasteiger partial charge < -0.3 is 10.6 Å². The molecule has 0 aliphatic heterocycles. The molecule has 0 radical (unpaired) electrons. The highest BCUT2D eigenvalue weighted by Gasteiger charge is 2.19. The van der Waals surface area contributed by atoms with Gasteiger partial charge in [0, 0.05) is 10.6 Å². The third-order valence-corrected chi connectivity index (χ3v) is 3.36. The van der Waals surface area contributed by atoms with E-state index in [-0.39, 0.29) is 5.69 Å². The van der Waals surface area contributed by atoms with Crippen LogP contribution in [0.3, 0.4) is 0 Å². The van der Waals surface area contributed by atoms with Crippen molar-refractivity contribution in [2.24, 2.45) is 0 Å². The summed E-state index contributed by atoms with van der Waals surface area (Å²) in [5, 5.41) is 14.5. The number of carbonyl (C=O) groups excluding carboxylic acids is 2. The first-order chi connectivity index (χ1) is 11.4. The van der Waals surface area contributed by atoms with Crippen molar-refractivity contribution < 1.29 is 22.8 Å². The van der Waals surface area contributed by atoms with E-state index in [0.717, 1.165) is 17.8 Å². The normalized spacial score (nSPS) is 9.92. The summed E-state index contributed by atoms with van der Waals surface area (Å²) in [4.78, 5) is 24.0. The number of nitriles is 1. The largest absolute Gasteiger partial charge is 0.318 e. The summed E-state index contributed by atoms with van der Waals surface area (Å²) in [7, 11) is 0. The van der Waals surface area contributed by atoms with Gasteiger partial charge in [-0.2, -0.15) is 5.26 Å². The van der Waals surface area contributed by atoms with Crippen LogP contribution in [0.25, 0.3) is 0 Å². The number of hydrogen-bond donors (Lipinski definition) is 2. The quantitative estimate of drug-likeness (QED) is 0.385. The van der Waals surface area contributed by atoms with Gasteiger partial charge >= 0.3 is 11.8 Å². The van der Waals surface area contributed by atoms with E-state index in [0.29, 0.717) is 11.0 Å². The highest BCUT2D eigenvalue weighted by Crippen LogP contribution is 2.20. The third-order valence-electron chi connectivity index (χ3n) is 2.77. The molecule has 0 bridgehead atoms. The van der Waals surface area contributed by atoms with E-state index in [1.165, 1.54) is 12.1 Å².